The molecule has 0 aliphatic rings. The zero-order valence-corrected chi connectivity index (χ0v) is 14.8. The highest BCUT2D eigenvalue weighted by Gasteiger charge is 2.17. The number of nitrogens with zero attached hydrogens (tertiary/aromatic N) is 3. The van der Waals surface area contributed by atoms with E-state index in [1.807, 2.05) is 19.9 Å². The zero-order chi connectivity index (χ0) is 17.6. The Bertz CT molecular complexity index is 1010. The number of aryl methyl sites for hydroxylation is 1. The lowest BCUT2D eigenvalue weighted by molar-refractivity contribution is 0.408. The lowest BCUT2D eigenvalue weighted by atomic mass is 10.1. The maximum Gasteiger partial charge on any atom is 0.328 e. The summed E-state index contributed by atoms with van der Waals surface area (Å²) < 4.78 is 6.78. The Morgan fingerprint density at radius 2 is 2.04 bits per heavy atom. The van der Waals surface area contributed by atoms with E-state index in [1.165, 1.54) is 4.57 Å². The Balaban J connectivity index is 2.18. The number of hydrogen-bond donors (Lipinski definition) is 2. The summed E-state index contributed by atoms with van der Waals surface area (Å²) in [6.07, 6.45) is 0. The van der Waals surface area contributed by atoms with Gasteiger partial charge in [-0.15, -0.1) is 0 Å². The number of H-pyrrole nitrogens is 1. The Hall–Kier alpha value is -2.25. The van der Waals surface area contributed by atoms with Crippen LogP contribution in [0.3, 0.4) is 0 Å². The van der Waals surface area contributed by atoms with Gasteiger partial charge in [-0.1, -0.05) is 23.2 Å². The van der Waals surface area contributed by atoms with E-state index in [9.17, 15) is 4.79 Å². The first-order valence-corrected chi connectivity index (χ1v) is 7.83. The standard InChI is InChI=1S/C15H15Cl2N5O2/c1-6-4-8(9(16)7(2)11(6)24-3)5-22-13-10(19-15(22)23)12(17)20-14(18)21-13/h4H,5H2,1-3H3,(H,19,23)(H2,18,20,21). The van der Waals surface area contributed by atoms with Gasteiger partial charge in [0.2, 0.25) is 5.95 Å². The maximum atomic E-state index is 12.3. The van der Waals surface area contributed by atoms with Crippen LogP contribution in [0.15, 0.2) is 10.9 Å². The van der Waals surface area contributed by atoms with Gasteiger partial charge in [-0.05, 0) is 31.0 Å². The number of ether oxygens (including phenoxy) is 1. The quantitative estimate of drug-likeness (QED) is 0.693. The molecular formula is C15H15Cl2N5O2. The van der Waals surface area contributed by atoms with Gasteiger partial charge in [-0.3, -0.25) is 4.57 Å². The number of rotatable bonds is 3. The van der Waals surface area contributed by atoms with Crippen molar-refractivity contribution in [2.45, 2.75) is 20.4 Å². The molecular weight excluding hydrogens is 353 g/mol. The third-order valence-electron chi connectivity index (χ3n) is 3.83. The molecule has 0 amide bonds. The Morgan fingerprint density at radius 3 is 2.71 bits per heavy atom. The van der Waals surface area contributed by atoms with Crippen molar-refractivity contribution in [3.8, 4) is 5.75 Å². The second-order valence-electron chi connectivity index (χ2n) is 5.41. The molecule has 0 aliphatic heterocycles. The molecule has 2 heterocycles. The van der Waals surface area contributed by atoms with E-state index in [0.717, 1.165) is 22.4 Å². The molecule has 3 rings (SSSR count). The molecule has 1 aromatic carbocycles. The zero-order valence-electron chi connectivity index (χ0n) is 13.3. The van der Waals surface area contributed by atoms with E-state index in [-0.39, 0.29) is 23.3 Å². The Kier molecular flexibility index (Phi) is 4.15. The van der Waals surface area contributed by atoms with Crippen molar-refractivity contribution in [2.24, 2.45) is 0 Å². The summed E-state index contributed by atoms with van der Waals surface area (Å²) in [4.78, 5) is 22.9. The predicted octanol–water partition coefficient (Wildman–Crippen LogP) is 2.68. The summed E-state index contributed by atoms with van der Waals surface area (Å²) in [7, 11) is 1.59. The number of nitrogens with one attached hydrogen (secondary N) is 1. The number of aromatic amines is 1. The van der Waals surface area contributed by atoms with E-state index in [0.29, 0.717) is 16.2 Å². The van der Waals surface area contributed by atoms with E-state index >= 15 is 0 Å². The van der Waals surface area contributed by atoms with Gasteiger partial charge in [0.15, 0.2) is 10.8 Å². The van der Waals surface area contributed by atoms with Crippen LogP contribution in [0.2, 0.25) is 10.2 Å². The average Bonchev–Trinajstić information content (AvgIpc) is 2.82. The number of nitrogen functional groups attached to an aromatic ring is 1. The van der Waals surface area contributed by atoms with Crippen LogP contribution in [-0.4, -0.2) is 26.6 Å². The van der Waals surface area contributed by atoms with Crippen molar-refractivity contribution >= 4 is 40.3 Å². The van der Waals surface area contributed by atoms with Crippen molar-refractivity contribution in [1.29, 1.82) is 0 Å². The maximum absolute atomic E-state index is 12.3. The number of halogens is 2. The van der Waals surface area contributed by atoms with Crippen LogP contribution in [0.4, 0.5) is 5.95 Å². The van der Waals surface area contributed by atoms with Crippen molar-refractivity contribution in [3.63, 3.8) is 0 Å². The number of benzene rings is 1. The molecule has 3 N–H and O–H groups in total. The van der Waals surface area contributed by atoms with E-state index in [1.54, 1.807) is 7.11 Å². The molecule has 24 heavy (non-hydrogen) atoms. The minimum absolute atomic E-state index is 0.00608. The van der Waals surface area contributed by atoms with Crippen molar-refractivity contribution in [2.75, 3.05) is 12.8 Å². The smallest absolute Gasteiger partial charge is 0.328 e. The van der Waals surface area contributed by atoms with Crippen LogP contribution in [0.25, 0.3) is 11.2 Å². The van der Waals surface area contributed by atoms with E-state index in [4.69, 9.17) is 33.7 Å². The first kappa shape index (κ1) is 16.6. The minimum atomic E-state index is -0.367. The van der Waals surface area contributed by atoms with Gasteiger partial charge in [0, 0.05) is 5.56 Å². The van der Waals surface area contributed by atoms with Crippen LogP contribution in [0, 0.1) is 13.8 Å². The lowest BCUT2D eigenvalue weighted by Gasteiger charge is -2.14. The number of nitrogens with two attached hydrogens (primary N) is 1. The summed E-state index contributed by atoms with van der Waals surface area (Å²) in [5.41, 5.74) is 8.45. The third kappa shape index (κ3) is 2.59. The summed E-state index contributed by atoms with van der Waals surface area (Å²) in [6.45, 7) is 4.00. The van der Waals surface area contributed by atoms with E-state index < -0.39 is 0 Å². The second kappa shape index (κ2) is 5.99. The normalized spacial score (nSPS) is 11.2. The summed E-state index contributed by atoms with van der Waals surface area (Å²) in [5.74, 6) is 0.720. The van der Waals surface area contributed by atoms with Crippen LogP contribution in [-0.2, 0) is 6.54 Å². The van der Waals surface area contributed by atoms with Gasteiger partial charge in [0.25, 0.3) is 0 Å². The van der Waals surface area contributed by atoms with Crippen LogP contribution in [0.5, 0.6) is 5.75 Å². The molecule has 0 saturated heterocycles. The summed E-state index contributed by atoms with van der Waals surface area (Å²) in [5, 5.41) is 0.633. The first-order valence-electron chi connectivity index (χ1n) is 7.07. The van der Waals surface area contributed by atoms with Crippen molar-refractivity contribution in [1.82, 2.24) is 19.5 Å². The molecule has 126 valence electrons. The van der Waals surface area contributed by atoms with Gasteiger partial charge < -0.3 is 15.5 Å². The molecule has 0 aliphatic carbocycles. The monoisotopic (exact) mass is 367 g/mol. The molecule has 0 fully saturated rings. The average molecular weight is 368 g/mol. The molecule has 0 spiro atoms. The molecule has 0 bridgehead atoms. The number of imidazole rings is 1. The first-order chi connectivity index (χ1) is 11.3. The van der Waals surface area contributed by atoms with Crippen molar-refractivity contribution in [3.05, 3.63) is 43.4 Å². The molecule has 0 unspecified atom stereocenters. The van der Waals surface area contributed by atoms with E-state index in [2.05, 4.69) is 15.0 Å². The largest absolute Gasteiger partial charge is 0.496 e. The Labute approximate surface area is 147 Å². The molecule has 0 radical (unpaired) electrons. The van der Waals surface area contributed by atoms with Gasteiger partial charge in [-0.25, -0.2) is 4.79 Å². The fourth-order valence-corrected chi connectivity index (χ4v) is 3.20. The van der Waals surface area contributed by atoms with Gasteiger partial charge in [-0.2, -0.15) is 9.97 Å². The van der Waals surface area contributed by atoms with Crippen LogP contribution < -0.4 is 16.2 Å². The van der Waals surface area contributed by atoms with Crippen LogP contribution >= 0.6 is 23.2 Å². The molecule has 2 aromatic heterocycles. The van der Waals surface area contributed by atoms with Gasteiger partial charge >= 0.3 is 5.69 Å². The number of methoxy groups -OCH3 is 1. The van der Waals surface area contributed by atoms with Crippen LogP contribution in [0.1, 0.15) is 16.7 Å². The third-order valence-corrected chi connectivity index (χ3v) is 4.63. The Morgan fingerprint density at radius 1 is 1.33 bits per heavy atom. The van der Waals surface area contributed by atoms with Crippen molar-refractivity contribution < 1.29 is 4.74 Å². The number of hydrogen-bond acceptors (Lipinski definition) is 5. The van der Waals surface area contributed by atoms with Gasteiger partial charge in [0.1, 0.15) is 11.3 Å². The molecule has 9 heteroatoms. The fraction of sp³-hybridized carbons (Fsp3) is 0.267. The second-order valence-corrected chi connectivity index (χ2v) is 6.15. The summed E-state index contributed by atoms with van der Waals surface area (Å²) in [6, 6.07) is 1.88. The van der Waals surface area contributed by atoms with Gasteiger partial charge in [0.05, 0.1) is 18.7 Å². The molecule has 0 saturated carbocycles. The predicted molar refractivity (Wildman–Crippen MR) is 94.2 cm³/mol. The highest BCUT2D eigenvalue weighted by molar-refractivity contribution is 6.33. The highest BCUT2D eigenvalue weighted by atomic mass is 35.5. The molecule has 0 atom stereocenters. The topological polar surface area (TPSA) is 98.8 Å². The lowest BCUT2D eigenvalue weighted by Crippen LogP contribution is -2.18. The molecule has 3 aromatic rings. The number of anilines is 1. The fourth-order valence-electron chi connectivity index (χ4n) is 2.78. The minimum Gasteiger partial charge on any atom is -0.496 e. The highest BCUT2D eigenvalue weighted by Crippen LogP contribution is 2.33. The summed E-state index contributed by atoms with van der Waals surface area (Å²) >= 11 is 12.5. The number of aromatic nitrogens is 4. The SMILES string of the molecule is COc1c(C)cc(Cn2c(=O)[nH]c3c(Cl)nc(N)nc32)c(Cl)c1C. The molecule has 7 nitrogen and oxygen atoms in total. The number of fused-ring (bicyclic) bond motifs is 1.